The van der Waals surface area contributed by atoms with Crippen molar-refractivity contribution in [2.24, 2.45) is 0 Å². The largest absolute Gasteiger partial charge is 0.449 e. The van der Waals surface area contributed by atoms with Crippen LogP contribution >= 0.6 is 0 Å². The summed E-state index contributed by atoms with van der Waals surface area (Å²) in [5, 5.41) is 2.74. The van der Waals surface area contributed by atoms with E-state index < -0.39 is 12.1 Å². The minimum Gasteiger partial charge on any atom is -0.449 e. The van der Waals surface area contributed by atoms with Crippen molar-refractivity contribution < 1.29 is 14.3 Å². The van der Waals surface area contributed by atoms with E-state index in [1.165, 1.54) is 11.6 Å². The molecule has 0 fully saturated rings. The van der Waals surface area contributed by atoms with Gasteiger partial charge >= 0.3 is 5.97 Å². The van der Waals surface area contributed by atoms with Crippen molar-refractivity contribution in [1.82, 2.24) is 0 Å². The second-order valence-electron chi connectivity index (χ2n) is 5.86. The number of hydrogen-bond donors (Lipinski definition) is 1. The first-order chi connectivity index (χ1) is 12.0. The molecular formula is C21H23NO3. The lowest BCUT2D eigenvalue weighted by atomic mass is 10.1. The van der Waals surface area contributed by atoms with Crippen LogP contribution in [0.5, 0.6) is 0 Å². The molecule has 0 unspecified atom stereocenters. The van der Waals surface area contributed by atoms with Gasteiger partial charge in [0.1, 0.15) is 0 Å². The van der Waals surface area contributed by atoms with E-state index in [4.69, 9.17) is 4.74 Å². The Labute approximate surface area is 148 Å². The Hall–Kier alpha value is -2.88. The highest BCUT2D eigenvalue weighted by Crippen LogP contribution is 2.11. The molecule has 0 aromatic heterocycles. The van der Waals surface area contributed by atoms with Crippen LogP contribution in [0.4, 0.5) is 5.69 Å². The fourth-order valence-electron chi connectivity index (χ4n) is 2.18. The maximum atomic E-state index is 12.1. The number of nitrogens with one attached hydrogen (secondary N) is 1. The number of carbonyl (C=O) groups is 2. The van der Waals surface area contributed by atoms with E-state index in [2.05, 4.69) is 12.2 Å². The molecule has 1 N–H and O–H groups in total. The van der Waals surface area contributed by atoms with Gasteiger partial charge in [-0.05, 0) is 49.6 Å². The molecule has 2 aromatic carbocycles. The third-order valence-electron chi connectivity index (χ3n) is 3.78. The Kier molecular flexibility index (Phi) is 6.52. The number of hydrogen-bond acceptors (Lipinski definition) is 3. The Morgan fingerprint density at radius 1 is 1.08 bits per heavy atom. The molecule has 0 saturated carbocycles. The van der Waals surface area contributed by atoms with Gasteiger partial charge in [-0.15, -0.1) is 0 Å². The number of aryl methyl sites for hydroxylation is 2. The van der Waals surface area contributed by atoms with Gasteiger partial charge < -0.3 is 10.1 Å². The molecule has 0 aliphatic carbocycles. The standard InChI is InChI=1S/C21H23NO3/c1-4-17-9-12-19(13-10-17)22-21(24)16(3)25-20(23)14-11-18-7-5-15(2)6-8-18/h5-14,16H,4H2,1-3H3,(H,22,24)/b14-11+/t16-/m0/s1. The molecule has 1 atom stereocenters. The van der Waals surface area contributed by atoms with Crippen LogP contribution in [0.1, 0.15) is 30.5 Å². The Bertz CT molecular complexity index is 746. The van der Waals surface area contributed by atoms with Gasteiger partial charge in [0.2, 0.25) is 0 Å². The number of rotatable bonds is 6. The summed E-state index contributed by atoms with van der Waals surface area (Å²) in [6.45, 7) is 5.62. The van der Waals surface area contributed by atoms with E-state index in [9.17, 15) is 9.59 Å². The highest BCUT2D eigenvalue weighted by molar-refractivity contribution is 5.96. The number of esters is 1. The third kappa shape index (κ3) is 5.92. The topological polar surface area (TPSA) is 55.4 Å². The maximum absolute atomic E-state index is 12.1. The van der Waals surface area contributed by atoms with E-state index in [0.717, 1.165) is 17.5 Å². The highest BCUT2D eigenvalue weighted by Gasteiger charge is 2.16. The predicted octanol–water partition coefficient (Wildman–Crippen LogP) is 4.14. The minimum absolute atomic E-state index is 0.360. The zero-order valence-corrected chi connectivity index (χ0v) is 14.8. The van der Waals surface area contributed by atoms with Crippen molar-refractivity contribution >= 4 is 23.6 Å². The smallest absolute Gasteiger partial charge is 0.331 e. The van der Waals surface area contributed by atoms with Crippen LogP contribution < -0.4 is 5.32 Å². The molecule has 25 heavy (non-hydrogen) atoms. The fourth-order valence-corrected chi connectivity index (χ4v) is 2.18. The van der Waals surface area contributed by atoms with Crippen LogP contribution in [-0.2, 0) is 20.7 Å². The zero-order chi connectivity index (χ0) is 18.2. The first kappa shape index (κ1) is 18.5. The summed E-state index contributed by atoms with van der Waals surface area (Å²) in [5.74, 6) is -0.911. The van der Waals surface area contributed by atoms with Gasteiger partial charge in [0, 0.05) is 11.8 Å². The Balaban J connectivity index is 1.86. The third-order valence-corrected chi connectivity index (χ3v) is 3.78. The molecule has 0 heterocycles. The fraction of sp³-hybridized carbons (Fsp3) is 0.238. The van der Waals surface area contributed by atoms with Gasteiger partial charge in [-0.2, -0.15) is 0 Å². The van der Waals surface area contributed by atoms with E-state index >= 15 is 0 Å². The van der Waals surface area contributed by atoms with E-state index in [-0.39, 0.29) is 5.91 Å². The molecule has 1 amide bonds. The first-order valence-corrected chi connectivity index (χ1v) is 8.33. The average molecular weight is 337 g/mol. The molecule has 0 aliphatic heterocycles. The van der Waals surface area contributed by atoms with Crippen LogP contribution in [0.25, 0.3) is 6.08 Å². The number of amides is 1. The summed E-state index contributed by atoms with van der Waals surface area (Å²) in [4.78, 5) is 23.9. The molecule has 0 saturated heterocycles. The lowest BCUT2D eigenvalue weighted by Gasteiger charge is -2.12. The van der Waals surface area contributed by atoms with E-state index in [1.54, 1.807) is 13.0 Å². The van der Waals surface area contributed by atoms with Crippen molar-refractivity contribution in [3.8, 4) is 0 Å². The maximum Gasteiger partial charge on any atom is 0.331 e. The van der Waals surface area contributed by atoms with Crippen molar-refractivity contribution in [2.75, 3.05) is 5.32 Å². The van der Waals surface area contributed by atoms with Crippen LogP contribution in [0.3, 0.4) is 0 Å². The van der Waals surface area contributed by atoms with Crippen LogP contribution in [0.2, 0.25) is 0 Å². The van der Waals surface area contributed by atoms with Gasteiger partial charge in [-0.1, -0.05) is 48.9 Å². The number of anilines is 1. The molecule has 0 spiro atoms. The second kappa shape index (κ2) is 8.83. The lowest BCUT2D eigenvalue weighted by molar-refractivity contribution is -0.148. The van der Waals surface area contributed by atoms with Crippen LogP contribution in [-0.4, -0.2) is 18.0 Å². The molecule has 2 rings (SSSR count). The predicted molar refractivity (Wildman–Crippen MR) is 100 cm³/mol. The van der Waals surface area contributed by atoms with Gasteiger partial charge in [0.25, 0.3) is 5.91 Å². The summed E-state index contributed by atoms with van der Waals surface area (Å²) < 4.78 is 5.14. The van der Waals surface area contributed by atoms with E-state index in [1.807, 2.05) is 55.5 Å². The van der Waals surface area contributed by atoms with Crippen molar-refractivity contribution in [1.29, 1.82) is 0 Å². The second-order valence-corrected chi connectivity index (χ2v) is 5.86. The number of carbonyl (C=O) groups excluding carboxylic acids is 2. The quantitative estimate of drug-likeness (QED) is 0.636. The molecule has 2 aromatic rings. The molecule has 130 valence electrons. The number of ether oxygens (including phenoxy) is 1. The molecule has 0 aliphatic rings. The normalized spacial score (nSPS) is 12.0. The minimum atomic E-state index is -0.874. The highest BCUT2D eigenvalue weighted by atomic mass is 16.5. The van der Waals surface area contributed by atoms with E-state index in [0.29, 0.717) is 5.69 Å². The Morgan fingerprint density at radius 2 is 1.72 bits per heavy atom. The number of benzene rings is 2. The van der Waals surface area contributed by atoms with Gasteiger partial charge in [-0.25, -0.2) is 4.79 Å². The van der Waals surface area contributed by atoms with Crippen molar-refractivity contribution in [2.45, 2.75) is 33.3 Å². The van der Waals surface area contributed by atoms with Crippen molar-refractivity contribution in [3.63, 3.8) is 0 Å². The van der Waals surface area contributed by atoms with Crippen LogP contribution in [0.15, 0.2) is 54.6 Å². The molecular weight excluding hydrogens is 314 g/mol. The van der Waals surface area contributed by atoms with Gasteiger partial charge in [-0.3, -0.25) is 4.79 Å². The summed E-state index contributed by atoms with van der Waals surface area (Å²) in [5.41, 5.74) is 3.92. The lowest BCUT2D eigenvalue weighted by Crippen LogP contribution is -2.29. The SMILES string of the molecule is CCc1ccc(NC(=O)[C@H](C)OC(=O)/C=C/c2ccc(C)cc2)cc1. The van der Waals surface area contributed by atoms with Crippen LogP contribution in [0, 0.1) is 6.92 Å². The molecule has 0 radical (unpaired) electrons. The molecule has 4 heteroatoms. The summed E-state index contributed by atoms with van der Waals surface area (Å²) in [6, 6.07) is 15.3. The summed E-state index contributed by atoms with van der Waals surface area (Å²) in [6.07, 6.45) is 3.05. The molecule has 0 bridgehead atoms. The monoisotopic (exact) mass is 337 g/mol. The zero-order valence-electron chi connectivity index (χ0n) is 14.8. The molecule has 4 nitrogen and oxygen atoms in total. The summed E-state index contributed by atoms with van der Waals surface area (Å²) >= 11 is 0. The average Bonchev–Trinajstić information content (AvgIpc) is 2.61. The Morgan fingerprint density at radius 3 is 2.32 bits per heavy atom. The first-order valence-electron chi connectivity index (χ1n) is 8.33. The van der Waals surface area contributed by atoms with Gasteiger partial charge in [0.15, 0.2) is 6.10 Å². The van der Waals surface area contributed by atoms with Gasteiger partial charge in [0.05, 0.1) is 0 Å². The summed E-state index contributed by atoms with van der Waals surface area (Å²) in [7, 11) is 0. The van der Waals surface area contributed by atoms with Crippen molar-refractivity contribution in [3.05, 3.63) is 71.3 Å².